The number of halogens is 2. The molecule has 3 fully saturated rings. The number of nitrogens with one attached hydrogen (secondary N) is 1. The van der Waals surface area contributed by atoms with Crippen LogP contribution in [0.1, 0.15) is 52.0 Å². The van der Waals surface area contributed by atoms with Crippen LogP contribution in [0.25, 0.3) is 22.3 Å². The lowest BCUT2D eigenvalue weighted by Crippen LogP contribution is -2.38. The molecule has 2 bridgehead atoms. The van der Waals surface area contributed by atoms with Gasteiger partial charge in [-0.05, 0) is 58.1 Å². The monoisotopic (exact) mass is 575 g/mol. The quantitative estimate of drug-likeness (QED) is 0.420. The number of aromatic nitrogens is 4. The molecule has 0 radical (unpaired) electrons. The number of morpholine rings is 1. The Labute approximate surface area is 236 Å². The Morgan fingerprint density at radius 3 is 2.65 bits per heavy atom. The number of carbonyl (C=O) groups is 1. The van der Waals surface area contributed by atoms with Gasteiger partial charge < -0.3 is 35.1 Å². The van der Waals surface area contributed by atoms with Gasteiger partial charge in [0, 0.05) is 25.2 Å². The number of carbonyl (C=O) groups excluding carboxylic acids is 1. The molecule has 6 rings (SSSR count). The van der Waals surface area contributed by atoms with Crippen molar-refractivity contribution in [3.63, 3.8) is 0 Å². The van der Waals surface area contributed by atoms with Crippen molar-refractivity contribution in [2.24, 2.45) is 0 Å². The number of hydrogen-bond acceptors (Lipinski definition) is 9. The van der Waals surface area contributed by atoms with Crippen LogP contribution in [0.3, 0.4) is 0 Å². The summed E-state index contributed by atoms with van der Waals surface area (Å²) < 4.78 is 27.9. The van der Waals surface area contributed by atoms with E-state index in [4.69, 9.17) is 31.9 Å². The number of hydrogen-bond donors (Lipinski definition) is 3. The number of benzene rings is 1. The second-order valence-electron chi connectivity index (χ2n) is 10.7. The molecule has 1 aliphatic carbocycles. The number of nitrogens with zero attached hydrogens (tertiary/aromatic N) is 5. The summed E-state index contributed by atoms with van der Waals surface area (Å²) >= 11 is 6.24. The van der Waals surface area contributed by atoms with Crippen LogP contribution in [-0.4, -0.2) is 75.3 Å². The van der Waals surface area contributed by atoms with E-state index in [0.717, 1.165) is 44.6 Å². The molecule has 2 saturated heterocycles. The van der Waals surface area contributed by atoms with Gasteiger partial charge in [0.1, 0.15) is 11.6 Å². The van der Waals surface area contributed by atoms with Crippen LogP contribution in [0, 0.1) is 5.82 Å². The Morgan fingerprint density at radius 1 is 1.27 bits per heavy atom. The number of anilines is 2. The second kappa shape index (κ2) is 11.7. The number of fused-ring (bicyclic) bond motifs is 3. The molecule has 3 aliphatic rings. The molecule has 0 spiro atoms. The summed E-state index contributed by atoms with van der Waals surface area (Å²) in [6.07, 6.45) is 5.08. The minimum absolute atomic E-state index is 0.00616. The summed E-state index contributed by atoms with van der Waals surface area (Å²) in [5.74, 6) is 0.457. The molecule has 11 nitrogen and oxygen atoms in total. The third kappa shape index (κ3) is 5.79. The van der Waals surface area contributed by atoms with Crippen molar-refractivity contribution < 1.29 is 23.8 Å². The zero-order valence-electron chi connectivity index (χ0n) is 22.8. The van der Waals surface area contributed by atoms with Gasteiger partial charge in [0.25, 0.3) is 0 Å². The molecule has 1 saturated carbocycles. The van der Waals surface area contributed by atoms with Crippen LogP contribution >= 0.6 is 11.6 Å². The van der Waals surface area contributed by atoms with E-state index in [1.54, 1.807) is 7.05 Å². The van der Waals surface area contributed by atoms with E-state index in [9.17, 15) is 4.79 Å². The first-order valence-electron chi connectivity index (χ1n) is 13.6. The van der Waals surface area contributed by atoms with Gasteiger partial charge in [-0.2, -0.15) is 0 Å². The van der Waals surface area contributed by atoms with Gasteiger partial charge in [0.05, 0.1) is 47.3 Å². The molecule has 216 valence electrons. The molecule has 13 heteroatoms. The first-order valence-corrected chi connectivity index (χ1v) is 14.0. The van der Waals surface area contributed by atoms with Gasteiger partial charge >= 0.3 is 6.09 Å². The Hall–Kier alpha value is -3.22. The smallest absolute Gasteiger partial charge is 0.407 e. The first kappa shape index (κ1) is 28.3. The van der Waals surface area contributed by atoms with E-state index in [1.807, 2.05) is 6.07 Å². The summed E-state index contributed by atoms with van der Waals surface area (Å²) in [5, 5.41) is 11.9. The third-order valence-electron chi connectivity index (χ3n) is 7.56. The Bertz CT molecular complexity index is 1380. The molecule has 2 atom stereocenters. The molecule has 2 aromatic heterocycles. The number of ether oxygens (including phenoxy) is 2. The predicted molar refractivity (Wildman–Crippen MR) is 150 cm³/mol. The number of amides is 1. The molecule has 4 N–H and O–H groups in total. The standard InChI is InChI=1S/C19H20ClFN6O.C8H15NO3/c1-9(2)27-15-4-10(16-13(20)6-23-18(22)24-16)3-14(21)17(15)25-19(27)26-7-12-5-11(26)8-28-12;1-9-8(11)12-7-4-2-6(10)3-5-7/h3-4,6,9,11-12H,5,7-8H2,1-2H3,(H2,22,23,24);6-7,10H,2-5H2,1H3,(H,9,11). The second-order valence-corrected chi connectivity index (χ2v) is 11.1. The van der Waals surface area contributed by atoms with E-state index in [1.165, 1.54) is 12.3 Å². The van der Waals surface area contributed by atoms with Crippen LogP contribution < -0.4 is 16.0 Å². The Morgan fingerprint density at radius 2 is 2.02 bits per heavy atom. The van der Waals surface area contributed by atoms with E-state index in [-0.39, 0.29) is 42.4 Å². The van der Waals surface area contributed by atoms with Gasteiger partial charge in [-0.15, -0.1) is 0 Å². The van der Waals surface area contributed by atoms with Crippen molar-refractivity contribution >= 4 is 40.6 Å². The van der Waals surface area contributed by atoms with E-state index in [0.29, 0.717) is 33.9 Å². The highest BCUT2D eigenvalue weighted by atomic mass is 35.5. The summed E-state index contributed by atoms with van der Waals surface area (Å²) in [4.78, 5) is 25.8. The zero-order valence-corrected chi connectivity index (χ0v) is 23.6. The zero-order chi connectivity index (χ0) is 28.6. The number of aliphatic hydroxyl groups excluding tert-OH is 1. The van der Waals surface area contributed by atoms with E-state index < -0.39 is 5.82 Å². The summed E-state index contributed by atoms with van der Waals surface area (Å²) in [7, 11) is 1.54. The maximum Gasteiger partial charge on any atom is 0.407 e. The molecule has 2 unspecified atom stereocenters. The van der Waals surface area contributed by atoms with Crippen LogP contribution in [0.4, 0.5) is 21.1 Å². The molecule has 40 heavy (non-hydrogen) atoms. The average molecular weight is 576 g/mol. The topological polar surface area (TPSA) is 141 Å². The molecular formula is C27H35ClFN7O4. The fourth-order valence-electron chi connectivity index (χ4n) is 5.59. The number of nitrogen functional groups attached to an aromatic ring is 1. The van der Waals surface area contributed by atoms with Gasteiger partial charge in [0.2, 0.25) is 11.9 Å². The number of imidazole rings is 1. The van der Waals surface area contributed by atoms with Crippen molar-refractivity contribution in [3.8, 4) is 11.3 Å². The van der Waals surface area contributed by atoms with Crippen LogP contribution in [0.5, 0.6) is 0 Å². The minimum atomic E-state index is -0.415. The van der Waals surface area contributed by atoms with E-state index in [2.05, 4.69) is 43.6 Å². The molecule has 2 aliphatic heterocycles. The molecule has 1 aromatic carbocycles. The lowest BCUT2D eigenvalue weighted by atomic mass is 9.95. The molecule has 1 amide bonds. The average Bonchev–Trinajstić information content (AvgIpc) is 3.66. The van der Waals surface area contributed by atoms with Gasteiger partial charge in [-0.25, -0.2) is 24.1 Å². The van der Waals surface area contributed by atoms with Crippen LogP contribution in [0.15, 0.2) is 18.3 Å². The van der Waals surface area contributed by atoms with E-state index >= 15 is 4.39 Å². The van der Waals surface area contributed by atoms with Gasteiger partial charge in [-0.3, -0.25) is 0 Å². The third-order valence-corrected chi connectivity index (χ3v) is 7.84. The lowest BCUT2D eigenvalue weighted by Gasteiger charge is -2.29. The number of rotatable bonds is 4. The number of aliphatic hydroxyl groups is 1. The SMILES string of the molecule is CC(C)n1c(N2CC3CC2CO3)nc2c(F)cc(-c3nc(N)ncc3Cl)cc21.CNC(=O)OC1CCC(O)CC1. The minimum Gasteiger partial charge on any atom is -0.446 e. The Kier molecular flexibility index (Phi) is 8.29. The van der Waals surface area contributed by atoms with Crippen molar-refractivity contribution in [2.75, 3.05) is 30.8 Å². The fourth-order valence-corrected chi connectivity index (χ4v) is 5.79. The van der Waals surface area contributed by atoms with Gasteiger partial charge in [0.15, 0.2) is 5.82 Å². The molecule has 4 heterocycles. The van der Waals surface area contributed by atoms with Crippen molar-refractivity contribution in [1.29, 1.82) is 0 Å². The Balaban J connectivity index is 0.000000227. The summed E-state index contributed by atoms with van der Waals surface area (Å²) in [5.41, 5.74) is 7.70. The highest BCUT2D eigenvalue weighted by Gasteiger charge is 2.41. The van der Waals surface area contributed by atoms with Crippen LogP contribution in [0.2, 0.25) is 5.02 Å². The number of nitrogens with two attached hydrogens (primary N) is 1. The highest BCUT2D eigenvalue weighted by Crippen LogP contribution is 2.38. The highest BCUT2D eigenvalue weighted by molar-refractivity contribution is 6.33. The molecule has 3 aromatic rings. The van der Waals surface area contributed by atoms with Crippen molar-refractivity contribution in [1.82, 2.24) is 24.8 Å². The van der Waals surface area contributed by atoms with Crippen molar-refractivity contribution in [2.45, 2.75) is 76.3 Å². The maximum atomic E-state index is 15.1. The normalized spacial score (nSPS) is 23.8. The van der Waals surface area contributed by atoms with Gasteiger partial charge in [-0.1, -0.05) is 11.6 Å². The van der Waals surface area contributed by atoms with Crippen molar-refractivity contribution in [3.05, 3.63) is 29.2 Å². The largest absolute Gasteiger partial charge is 0.446 e. The summed E-state index contributed by atoms with van der Waals surface area (Å²) in [6.45, 7) is 5.60. The first-order chi connectivity index (χ1) is 19.1. The fraction of sp³-hybridized carbons (Fsp3) is 0.556. The molecular weight excluding hydrogens is 541 g/mol. The lowest BCUT2D eigenvalue weighted by molar-refractivity contribution is 0.0350. The maximum absolute atomic E-state index is 15.1. The van der Waals surface area contributed by atoms with Crippen LogP contribution in [-0.2, 0) is 9.47 Å². The predicted octanol–water partition coefficient (Wildman–Crippen LogP) is 4.07. The number of alkyl carbamates (subject to hydrolysis) is 1. The summed E-state index contributed by atoms with van der Waals surface area (Å²) in [6, 6.07) is 3.66.